The molecule has 1 aromatic carbocycles. The van der Waals surface area contributed by atoms with E-state index in [1.165, 1.54) is 24.4 Å². The second-order valence-electron chi connectivity index (χ2n) is 5.27. The fourth-order valence-electron chi connectivity index (χ4n) is 2.17. The van der Waals surface area contributed by atoms with E-state index in [2.05, 4.69) is 17.6 Å². The normalized spacial score (nSPS) is 12.3. The number of nitriles is 1. The molecule has 0 radical (unpaired) electrons. The smallest absolute Gasteiger partial charge is 0.347 e. The number of benzene rings is 1. The Balaban J connectivity index is 2.55. The Morgan fingerprint density at radius 1 is 1.48 bits per heavy atom. The van der Waals surface area contributed by atoms with Crippen LogP contribution in [0.1, 0.15) is 32.7 Å². The van der Waals surface area contributed by atoms with Crippen molar-refractivity contribution < 1.29 is 14.3 Å². The number of aromatic nitrogens is 1. The molecule has 0 bridgehead atoms. The summed E-state index contributed by atoms with van der Waals surface area (Å²) in [6, 6.07) is 6.76. The van der Waals surface area contributed by atoms with Gasteiger partial charge in [-0.15, -0.1) is 11.3 Å². The van der Waals surface area contributed by atoms with Crippen LogP contribution in [0.3, 0.4) is 0 Å². The number of hydrogen-bond acceptors (Lipinski definition) is 4. The van der Waals surface area contributed by atoms with Crippen LogP contribution in [0.2, 0.25) is 0 Å². The van der Waals surface area contributed by atoms with Crippen molar-refractivity contribution in [2.75, 3.05) is 0 Å². The first-order chi connectivity index (χ1) is 11.9. The van der Waals surface area contributed by atoms with Gasteiger partial charge in [0.15, 0.2) is 0 Å². The van der Waals surface area contributed by atoms with E-state index in [9.17, 15) is 14.4 Å². The fourth-order valence-corrected chi connectivity index (χ4v) is 2.93. The maximum Gasteiger partial charge on any atom is 0.347 e. The molecule has 0 saturated carbocycles. The average Bonchev–Trinajstić information content (AvgIpc) is 3.08. The summed E-state index contributed by atoms with van der Waals surface area (Å²) in [5.41, 5.74) is 2.47. The highest BCUT2D eigenvalue weighted by Crippen LogP contribution is 2.27. The van der Waals surface area contributed by atoms with Crippen LogP contribution in [0, 0.1) is 24.1 Å². The number of hydrogen-bond donors (Lipinski definition) is 1. The van der Waals surface area contributed by atoms with Crippen LogP contribution in [0.25, 0.3) is 11.1 Å². The molecule has 6 heteroatoms. The molecule has 0 aliphatic heterocycles. The Labute approximate surface area is 148 Å². The summed E-state index contributed by atoms with van der Waals surface area (Å²) in [5, 5.41) is 18.9. The van der Waals surface area contributed by atoms with Crippen molar-refractivity contribution in [2.24, 2.45) is 0 Å². The highest BCUT2D eigenvalue weighted by atomic mass is 32.1. The lowest BCUT2D eigenvalue weighted by atomic mass is 9.98. The second-order valence-corrected chi connectivity index (χ2v) is 6.30. The van der Waals surface area contributed by atoms with Gasteiger partial charge in [0.05, 0.1) is 17.8 Å². The number of aryl methyl sites for hydroxylation is 1. The van der Waals surface area contributed by atoms with E-state index in [-0.39, 0.29) is 10.5 Å². The topological polar surface area (TPSA) is 74.0 Å². The molecule has 1 N–H and O–H groups in total. The SMILES string of the molecule is C=C/C(=C\C(C#N)=C(/C)c1cc(C)ccc1F)c1ncc(C(=O)O)s1. The van der Waals surface area contributed by atoms with Crippen molar-refractivity contribution in [1.29, 1.82) is 5.26 Å². The van der Waals surface area contributed by atoms with Crippen LogP contribution in [-0.2, 0) is 0 Å². The summed E-state index contributed by atoms with van der Waals surface area (Å²) in [4.78, 5) is 15.1. The number of rotatable bonds is 5. The summed E-state index contributed by atoms with van der Waals surface area (Å²) < 4.78 is 14.1. The van der Waals surface area contributed by atoms with Crippen molar-refractivity contribution >= 4 is 28.5 Å². The van der Waals surface area contributed by atoms with E-state index in [0.29, 0.717) is 21.7 Å². The minimum absolute atomic E-state index is 0.0895. The molecule has 2 rings (SSSR count). The van der Waals surface area contributed by atoms with E-state index in [4.69, 9.17) is 5.11 Å². The second kappa shape index (κ2) is 7.69. The summed E-state index contributed by atoms with van der Waals surface area (Å²) in [6.07, 6.45) is 4.28. The molecule has 0 unspecified atom stereocenters. The molecule has 0 amide bonds. The number of carboxylic acid groups (broad SMARTS) is 1. The fraction of sp³-hybridized carbons (Fsp3) is 0.105. The molecule has 0 aliphatic rings. The third-order valence-electron chi connectivity index (χ3n) is 3.53. The number of allylic oxidation sites excluding steroid dienone is 5. The number of aromatic carboxylic acids is 1. The zero-order chi connectivity index (χ0) is 18.6. The minimum atomic E-state index is -1.07. The Bertz CT molecular complexity index is 949. The third kappa shape index (κ3) is 4.08. The summed E-state index contributed by atoms with van der Waals surface area (Å²) in [7, 11) is 0. The number of carbonyl (C=O) groups is 1. The van der Waals surface area contributed by atoms with Gasteiger partial charge >= 0.3 is 5.97 Å². The molecule has 4 nitrogen and oxygen atoms in total. The zero-order valence-corrected chi connectivity index (χ0v) is 14.5. The maximum absolute atomic E-state index is 14.1. The van der Waals surface area contributed by atoms with Crippen molar-refractivity contribution in [3.63, 3.8) is 0 Å². The minimum Gasteiger partial charge on any atom is -0.477 e. The largest absolute Gasteiger partial charge is 0.477 e. The quantitative estimate of drug-likeness (QED) is 0.615. The predicted molar refractivity (Wildman–Crippen MR) is 96.6 cm³/mol. The Kier molecular flexibility index (Phi) is 5.63. The van der Waals surface area contributed by atoms with Gasteiger partial charge in [0.1, 0.15) is 15.7 Å². The van der Waals surface area contributed by atoms with Gasteiger partial charge in [0.25, 0.3) is 0 Å². The molecule has 25 heavy (non-hydrogen) atoms. The molecule has 126 valence electrons. The van der Waals surface area contributed by atoms with Crippen LogP contribution >= 0.6 is 11.3 Å². The molecule has 0 spiro atoms. The van der Waals surface area contributed by atoms with Crippen molar-refractivity contribution in [1.82, 2.24) is 4.98 Å². The van der Waals surface area contributed by atoms with E-state index >= 15 is 0 Å². The van der Waals surface area contributed by atoms with E-state index < -0.39 is 11.8 Å². The van der Waals surface area contributed by atoms with Crippen LogP contribution in [-0.4, -0.2) is 16.1 Å². The van der Waals surface area contributed by atoms with E-state index in [1.54, 1.807) is 19.1 Å². The van der Waals surface area contributed by atoms with Crippen LogP contribution < -0.4 is 0 Å². The van der Waals surface area contributed by atoms with E-state index in [0.717, 1.165) is 16.9 Å². The molecule has 0 saturated heterocycles. The van der Waals surface area contributed by atoms with Gasteiger partial charge in [-0.3, -0.25) is 0 Å². The van der Waals surface area contributed by atoms with Gasteiger partial charge in [-0.1, -0.05) is 24.3 Å². The molecule has 0 atom stereocenters. The molecular formula is C19H15FN2O2S. The Morgan fingerprint density at radius 2 is 2.20 bits per heavy atom. The lowest BCUT2D eigenvalue weighted by Gasteiger charge is -2.07. The average molecular weight is 354 g/mol. The first-order valence-electron chi connectivity index (χ1n) is 7.28. The molecule has 1 heterocycles. The molecule has 1 aromatic heterocycles. The van der Waals surface area contributed by atoms with Crippen molar-refractivity contribution in [3.05, 3.63) is 75.5 Å². The molecule has 0 fully saturated rings. The predicted octanol–water partition coefficient (Wildman–Crippen LogP) is 4.86. The zero-order valence-electron chi connectivity index (χ0n) is 13.7. The van der Waals surface area contributed by atoms with Crippen molar-refractivity contribution in [2.45, 2.75) is 13.8 Å². The summed E-state index contributed by atoms with van der Waals surface area (Å²) in [6.45, 7) is 7.20. The van der Waals surface area contributed by atoms with Gasteiger partial charge in [-0.25, -0.2) is 14.2 Å². The van der Waals surface area contributed by atoms with E-state index in [1.807, 2.05) is 6.92 Å². The van der Waals surface area contributed by atoms with Crippen LogP contribution in [0.4, 0.5) is 4.39 Å². The third-order valence-corrected chi connectivity index (χ3v) is 4.57. The number of halogens is 1. The monoisotopic (exact) mass is 354 g/mol. The lowest BCUT2D eigenvalue weighted by molar-refractivity contribution is 0.0702. The van der Waals surface area contributed by atoms with Crippen LogP contribution in [0.5, 0.6) is 0 Å². The molecule has 2 aromatic rings. The van der Waals surface area contributed by atoms with Gasteiger partial charge in [0, 0.05) is 11.1 Å². The van der Waals surface area contributed by atoms with Gasteiger partial charge < -0.3 is 5.11 Å². The van der Waals surface area contributed by atoms with Gasteiger partial charge in [0.2, 0.25) is 0 Å². The van der Waals surface area contributed by atoms with Crippen molar-refractivity contribution in [3.8, 4) is 6.07 Å². The van der Waals surface area contributed by atoms with Crippen LogP contribution in [0.15, 0.2) is 48.7 Å². The lowest BCUT2D eigenvalue weighted by Crippen LogP contribution is -1.92. The standard InChI is InChI=1S/C19H15FN2O2S/c1-4-13(18-22-10-17(25-18)19(23)24)8-14(9-21)12(3)15-7-11(2)5-6-16(15)20/h4-8,10H,1H2,2-3H3,(H,23,24)/b13-8+,14-12-. The molecule has 0 aliphatic carbocycles. The highest BCUT2D eigenvalue weighted by Gasteiger charge is 2.13. The molecular weight excluding hydrogens is 339 g/mol. The maximum atomic E-state index is 14.1. The first-order valence-corrected chi connectivity index (χ1v) is 8.10. The first kappa shape index (κ1) is 18.3. The Morgan fingerprint density at radius 3 is 2.76 bits per heavy atom. The van der Waals surface area contributed by atoms with Gasteiger partial charge in [-0.05, 0) is 37.6 Å². The number of nitrogens with zero attached hydrogens (tertiary/aromatic N) is 2. The highest BCUT2D eigenvalue weighted by molar-refractivity contribution is 7.14. The summed E-state index contributed by atoms with van der Waals surface area (Å²) >= 11 is 0.983. The summed E-state index contributed by atoms with van der Waals surface area (Å²) in [5.74, 6) is -1.48. The van der Waals surface area contributed by atoms with Gasteiger partial charge in [-0.2, -0.15) is 5.26 Å². The number of carboxylic acids is 1. The number of thiazole rings is 1. The Hall–Kier alpha value is -3.04.